The van der Waals surface area contributed by atoms with Crippen molar-refractivity contribution in [1.82, 2.24) is 9.55 Å². The fourth-order valence-corrected chi connectivity index (χ4v) is 9.15. The first-order chi connectivity index (χ1) is 29.2. The zero-order valence-electron chi connectivity index (χ0n) is 32.8. The molecule has 1 heterocycles. The third-order valence-electron chi connectivity index (χ3n) is 11.9. The molecule has 0 spiro atoms. The van der Waals surface area contributed by atoms with E-state index in [1.54, 1.807) is 0 Å². The fourth-order valence-electron chi connectivity index (χ4n) is 9.15. The maximum atomic E-state index is 4.96. The van der Waals surface area contributed by atoms with Crippen LogP contribution in [0.4, 0.5) is 0 Å². The smallest absolute Gasteiger partial charge is 0.114 e. The van der Waals surface area contributed by atoms with Crippen molar-refractivity contribution in [2.24, 2.45) is 0 Å². The predicted octanol–water partition coefficient (Wildman–Crippen LogP) is 15.4. The summed E-state index contributed by atoms with van der Waals surface area (Å²) in [6, 6.07) is 77.6. The molecule has 0 bridgehead atoms. The zero-order valence-corrected chi connectivity index (χ0v) is 32.8. The van der Waals surface area contributed by atoms with E-state index in [2.05, 4.69) is 224 Å². The summed E-state index contributed by atoms with van der Waals surface area (Å²) in [7, 11) is 0. The Balaban J connectivity index is 1.16. The van der Waals surface area contributed by atoms with Crippen molar-refractivity contribution in [3.63, 3.8) is 0 Å². The van der Waals surface area contributed by atoms with Crippen molar-refractivity contribution in [1.29, 1.82) is 0 Å². The lowest BCUT2D eigenvalue weighted by molar-refractivity contribution is 0.909. The highest BCUT2D eigenvalue weighted by Gasteiger charge is 2.21. The van der Waals surface area contributed by atoms with Crippen LogP contribution in [0.15, 0.2) is 212 Å². The lowest BCUT2D eigenvalue weighted by Gasteiger charge is -2.21. The maximum Gasteiger partial charge on any atom is 0.114 e. The Bertz CT molecular complexity index is 3340. The van der Waals surface area contributed by atoms with E-state index in [1.807, 2.05) is 0 Å². The van der Waals surface area contributed by atoms with Crippen LogP contribution in [0.25, 0.3) is 105 Å². The van der Waals surface area contributed by atoms with Crippen LogP contribution in [0.5, 0.6) is 0 Å². The molecule has 2 heteroatoms. The third kappa shape index (κ3) is 6.00. The third-order valence-corrected chi connectivity index (χ3v) is 11.9. The number of benzene rings is 10. The summed E-state index contributed by atoms with van der Waals surface area (Å²) in [5.41, 5.74) is 15.5. The molecule has 0 aliphatic carbocycles. The Hall–Kier alpha value is -7.55. The van der Waals surface area contributed by atoms with Crippen molar-refractivity contribution in [3.05, 3.63) is 218 Å². The van der Waals surface area contributed by atoms with Gasteiger partial charge in [0.25, 0.3) is 0 Å². The molecule has 2 nitrogen and oxygen atoms in total. The Morgan fingerprint density at radius 3 is 1.66 bits per heavy atom. The van der Waals surface area contributed by atoms with Crippen molar-refractivity contribution in [2.75, 3.05) is 0 Å². The van der Waals surface area contributed by atoms with Gasteiger partial charge in [-0.05, 0) is 130 Å². The molecule has 0 atom stereocenters. The second-order valence-electron chi connectivity index (χ2n) is 15.4. The van der Waals surface area contributed by atoms with E-state index >= 15 is 0 Å². The molecule has 0 radical (unpaired) electrons. The van der Waals surface area contributed by atoms with Gasteiger partial charge in [-0.25, -0.2) is 4.98 Å². The van der Waals surface area contributed by atoms with Gasteiger partial charge in [-0.1, -0.05) is 177 Å². The highest BCUT2D eigenvalue weighted by molar-refractivity contribution is 6.23. The number of imidazole rings is 1. The number of aryl methyl sites for hydroxylation is 1. The molecule has 1 aromatic heterocycles. The highest BCUT2D eigenvalue weighted by Crippen LogP contribution is 2.48. The van der Waals surface area contributed by atoms with E-state index in [0.717, 1.165) is 29.0 Å². The lowest BCUT2D eigenvalue weighted by Crippen LogP contribution is -2.00. The van der Waals surface area contributed by atoms with Gasteiger partial charge < -0.3 is 0 Å². The molecule has 59 heavy (non-hydrogen) atoms. The minimum absolute atomic E-state index is 0.859. The standard InChI is InChI=1S/C57H40N2/c1-2-55-58-53-24-14-15-25-54(53)59(55)46-31-28-41-34-45(27-26-42(41)35-46)56-47-22-12-13-23-48(47)57(52-37-44(30-33-50(52)56)39-18-8-4-9-19-39)49-32-29-43(38-16-6-3-7-17-38)36-51(49)40-20-10-5-11-21-40/h3-37H,2H2,1H3. The van der Waals surface area contributed by atoms with Crippen LogP contribution in [0.1, 0.15) is 12.7 Å². The van der Waals surface area contributed by atoms with Gasteiger partial charge >= 0.3 is 0 Å². The number of fused-ring (bicyclic) bond motifs is 4. The quantitative estimate of drug-likeness (QED) is 0.148. The minimum atomic E-state index is 0.859. The van der Waals surface area contributed by atoms with Crippen LogP contribution in [-0.2, 0) is 6.42 Å². The summed E-state index contributed by atoms with van der Waals surface area (Å²) in [5.74, 6) is 1.07. The van der Waals surface area contributed by atoms with Crippen LogP contribution in [0, 0.1) is 0 Å². The number of para-hydroxylation sites is 2. The van der Waals surface area contributed by atoms with Crippen LogP contribution in [-0.4, -0.2) is 9.55 Å². The summed E-state index contributed by atoms with van der Waals surface area (Å²) in [4.78, 5) is 4.96. The largest absolute Gasteiger partial charge is 0.296 e. The molecule has 278 valence electrons. The second-order valence-corrected chi connectivity index (χ2v) is 15.4. The van der Waals surface area contributed by atoms with E-state index < -0.39 is 0 Å². The molecule has 0 saturated carbocycles. The summed E-state index contributed by atoms with van der Waals surface area (Å²) in [5, 5.41) is 7.35. The first-order valence-corrected chi connectivity index (χ1v) is 20.5. The molecule has 11 rings (SSSR count). The number of rotatable bonds is 7. The van der Waals surface area contributed by atoms with Crippen LogP contribution >= 0.6 is 0 Å². The molecular weight excluding hydrogens is 713 g/mol. The summed E-state index contributed by atoms with van der Waals surface area (Å²) >= 11 is 0. The molecule has 0 aliphatic rings. The van der Waals surface area contributed by atoms with E-state index in [0.29, 0.717) is 0 Å². The summed E-state index contributed by atoms with van der Waals surface area (Å²) < 4.78 is 2.31. The Kier molecular flexibility index (Phi) is 8.48. The minimum Gasteiger partial charge on any atom is -0.296 e. The van der Waals surface area contributed by atoms with E-state index in [9.17, 15) is 0 Å². The van der Waals surface area contributed by atoms with Crippen LogP contribution in [0.3, 0.4) is 0 Å². The van der Waals surface area contributed by atoms with Crippen molar-refractivity contribution in [2.45, 2.75) is 13.3 Å². The van der Waals surface area contributed by atoms with Crippen molar-refractivity contribution >= 4 is 43.4 Å². The van der Waals surface area contributed by atoms with Gasteiger partial charge in [0, 0.05) is 12.1 Å². The maximum absolute atomic E-state index is 4.96. The number of hydrogen-bond donors (Lipinski definition) is 0. The van der Waals surface area contributed by atoms with Gasteiger partial charge in [0.1, 0.15) is 5.82 Å². The van der Waals surface area contributed by atoms with Gasteiger partial charge in [0.15, 0.2) is 0 Å². The Labute approximate surface area is 344 Å². The molecule has 0 amide bonds. The summed E-state index contributed by atoms with van der Waals surface area (Å²) in [6.45, 7) is 2.18. The molecule has 0 aliphatic heterocycles. The van der Waals surface area contributed by atoms with Gasteiger partial charge in [-0.2, -0.15) is 0 Å². The zero-order chi connectivity index (χ0) is 39.3. The van der Waals surface area contributed by atoms with Gasteiger partial charge in [0.2, 0.25) is 0 Å². The van der Waals surface area contributed by atoms with E-state index in [-0.39, 0.29) is 0 Å². The van der Waals surface area contributed by atoms with Crippen LogP contribution < -0.4 is 0 Å². The number of aromatic nitrogens is 2. The summed E-state index contributed by atoms with van der Waals surface area (Å²) in [6.07, 6.45) is 0.859. The fraction of sp³-hybridized carbons (Fsp3) is 0.0351. The van der Waals surface area contributed by atoms with Crippen molar-refractivity contribution in [3.8, 4) is 61.3 Å². The molecule has 0 fully saturated rings. The lowest BCUT2D eigenvalue weighted by atomic mass is 9.82. The van der Waals surface area contributed by atoms with Gasteiger partial charge in [-0.15, -0.1) is 0 Å². The Morgan fingerprint density at radius 2 is 0.932 bits per heavy atom. The topological polar surface area (TPSA) is 17.8 Å². The molecule has 0 unspecified atom stereocenters. The van der Waals surface area contributed by atoms with Gasteiger partial charge in [0.05, 0.1) is 11.0 Å². The average Bonchev–Trinajstić information content (AvgIpc) is 3.70. The second kappa shape index (κ2) is 14.4. The van der Waals surface area contributed by atoms with E-state index in [1.165, 1.54) is 88.0 Å². The first kappa shape index (κ1) is 34.7. The highest BCUT2D eigenvalue weighted by atomic mass is 15.1. The first-order valence-electron chi connectivity index (χ1n) is 20.5. The van der Waals surface area contributed by atoms with Crippen LogP contribution in [0.2, 0.25) is 0 Å². The van der Waals surface area contributed by atoms with Crippen molar-refractivity contribution < 1.29 is 0 Å². The number of nitrogens with zero attached hydrogens (tertiary/aromatic N) is 2. The SMILES string of the molecule is CCc1nc2ccccc2n1-c1ccc2cc(-c3c4ccccc4c(-c4ccc(-c5ccccc5)cc4-c4ccccc4)c4cc(-c5ccccc5)ccc34)ccc2c1. The molecule has 10 aromatic carbocycles. The number of hydrogen-bond acceptors (Lipinski definition) is 1. The van der Waals surface area contributed by atoms with E-state index in [4.69, 9.17) is 4.98 Å². The Morgan fingerprint density at radius 1 is 0.373 bits per heavy atom. The normalized spacial score (nSPS) is 11.5. The molecule has 11 aromatic rings. The molecule has 0 saturated heterocycles. The predicted molar refractivity (Wildman–Crippen MR) is 250 cm³/mol. The monoisotopic (exact) mass is 752 g/mol. The molecular formula is C57H40N2. The molecule has 0 N–H and O–H groups in total. The van der Waals surface area contributed by atoms with Gasteiger partial charge in [-0.3, -0.25) is 4.57 Å². The average molecular weight is 753 g/mol.